The molecule has 0 atom stereocenters. The minimum absolute atomic E-state index is 0.317. The molecule has 0 radical (unpaired) electrons. The zero-order chi connectivity index (χ0) is 11.3. The molecule has 0 bridgehead atoms. The van der Waals surface area contributed by atoms with Crippen molar-refractivity contribution in [3.63, 3.8) is 0 Å². The van der Waals surface area contributed by atoms with Gasteiger partial charge in [-0.15, -0.1) is 0 Å². The number of carbonyl (C=O) groups is 1. The molecule has 0 aliphatic carbocycles. The molecule has 0 amide bonds. The van der Waals surface area contributed by atoms with Crippen LogP contribution in [0.4, 0.5) is 0 Å². The van der Waals surface area contributed by atoms with Crippen molar-refractivity contribution < 1.29 is 4.79 Å². The van der Waals surface area contributed by atoms with E-state index in [9.17, 15) is 4.79 Å². The summed E-state index contributed by atoms with van der Waals surface area (Å²) in [6.45, 7) is 11.9. The van der Waals surface area contributed by atoms with Crippen LogP contribution in [0.15, 0.2) is 0 Å². The van der Waals surface area contributed by atoms with Gasteiger partial charge >= 0.3 is 0 Å². The molecule has 80 valence electrons. The lowest BCUT2D eigenvalue weighted by Crippen LogP contribution is -2.05. The Morgan fingerprint density at radius 3 is 2.00 bits per heavy atom. The zero-order valence-electron chi connectivity index (χ0n) is 9.96. The molecule has 0 saturated carbocycles. The predicted octanol–water partition coefficient (Wildman–Crippen LogP) is 2.92. The lowest BCUT2D eigenvalue weighted by atomic mass is 10.2. The fourth-order valence-electron chi connectivity index (χ4n) is 1.35. The van der Waals surface area contributed by atoms with Crippen molar-refractivity contribution in [2.75, 3.05) is 0 Å². The molecule has 0 aliphatic rings. The third-order valence-corrected chi connectivity index (χ3v) is 1.99. The van der Waals surface area contributed by atoms with E-state index in [1.165, 1.54) is 0 Å². The first kappa shape index (κ1) is 12.9. The average molecular weight is 196 g/mol. The molecular weight excluding hydrogens is 176 g/mol. The zero-order valence-corrected chi connectivity index (χ0v) is 9.96. The van der Waals surface area contributed by atoms with Crippen LogP contribution in [0.1, 0.15) is 55.5 Å². The van der Waals surface area contributed by atoms with Crippen LogP contribution in [-0.4, -0.2) is 16.1 Å². The SMILES string of the molecule is CC.Cc1nn(C(C)C)c(C)c1C=O. The van der Waals surface area contributed by atoms with Crippen LogP contribution < -0.4 is 0 Å². The highest BCUT2D eigenvalue weighted by Gasteiger charge is 2.11. The smallest absolute Gasteiger partial charge is 0.153 e. The Balaban J connectivity index is 0.000000791. The second kappa shape index (κ2) is 5.58. The number of hydrogen-bond acceptors (Lipinski definition) is 2. The third-order valence-electron chi connectivity index (χ3n) is 1.99. The summed E-state index contributed by atoms with van der Waals surface area (Å²) >= 11 is 0. The third kappa shape index (κ3) is 2.44. The predicted molar refractivity (Wildman–Crippen MR) is 58.8 cm³/mol. The maximum atomic E-state index is 10.6. The highest BCUT2D eigenvalue weighted by Crippen LogP contribution is 2.14. The number of rotatable bonds is 2. The second-order valence-electron chi connectivity index (χ2n) is 3.24. The highest BCUT2D eigenvalue weighted by molar-refractivity contribution is 5.78. The van der Waals surface area contributed by atoms with Crippen molar-refractivity contribution in [1.82, 2.24) is 9.78 Å². The maximum Gasteiger partial charge on any atom is 0.153 e. The van der Waals surface area contributed by atoms with E-state index in [1.54, 1.807) is 0 Å². The molecule has 0 spiro atoms. The summed E-state index contributed by atoms with van der Waals surface area (Å²) < 4.78 is 1.87. The van der Waals surface area contributed by atoms with E-state index < -0.39 is 0 Å². The van der Waals surface area contributed by atoms with Crippen molar-refractivity contribution in [3.05, 3.63) is 17.0 Å². The standard InChI is InChI=1S/C9H14N2O.C2H6/c1-6(2)11-8(4)9(5-12)7(3)10-11;1-2/h5-6H,1-4H3;1-2H3. The fourth-order valence-corrected chi connectivity index (χ4v) is 1.35. The van der Waals surface area contributed by atoms with Gasteiger partial charge in [-0.05, 0) is 27.7 Å². The lowest BCUT2D eigenvalue weighted by Gasteiger charge is -2.07. The van der Waals surface area contributed by atoms with Gasteiger partial charge in [0.15, 0.2) is 6.29 Å². The van der Waals surface area contributed by atoms with Crippen LogP contribution in [0, 0.1) is 13.8 Å². The van der Waals surface area contributed by atoms with Gasteiger partial charge in [0.1, 0.15) is 0 Å². The molecule has 1 rings (SSSR count). The van der Waals surface area contributed by atoms with Gasteiger partial charge in [-0.1, -0.05) is 13.8 Å². The van der Waals surface area contributed by atoms with E-state index >= 15 is 0 Å². The first-order chi connectivity index (χ1) is 6.57. The lowest BCUT2D eigenvalue weighted by molar-refractivity contribution is 0.112. The molecule has 0 unspecified atom stereocenters. The van der Waals surface area contributed by atoms with Gasteiger partial charge in [-0.3, -0.25) is 9.48 Å². The summed E-state index contributed by atoms with van der Waals surface area (Å²) in [5.74, 6) is 0. The summed E-state index contributed by atoms with van der Waals surface area (Å²) in [5.41, 5.74) is 2.50. The van der Waals surface area contributed by atoms with Crippen LogP contribution in [0.3, 0.4) is 0 Å². The van der Waals surface area contributed by atoms with Gasteiger partial charge in [0, 0.05) is 11.7 Å². The van der Waals surface area contributed by atoms with E-state index in [1.807, 2.05) is 46.2 Å². The number of hydrogen-bond donors (Lipinski definition) is 0. The topological polar surface area (TPSA) is 34.9 Å². The quantitative estimate of drug-likeness (QED) is 0.682. The van der Waals surface area contributed by atoms with Gasteiger partial charge in [0.25, 0.3) is 0 Å². The van der Waals surface area contributed by atoms with Crippen LogP contribution in [0.25, 0.3) is 0 Å². The Hall–Kier alpha value is -1.12. The minimum Gasteiger partial charge on any atom is -0.298 e. The molecule has 14 heavy (non-hydrogen) atoms. The molecule has 1 heterocycles. The van der Waals surface area contributed by atoms with Gasteiger partial charge in [0.2, 0.25) is 0 Å². The summed E-state index contributed by atoms with van der Waals surface area (Å²) in [6, 6.07) is 0.317. The largest absolute Gasteiger partial charge is 0.298 e. The Bertz CT molecular complexity index is 300. The summed E-state index contributed by atoms with van der Waals surface area (Å²) in [5, 5.41) is 4.27. The number of nitrogens with zero attached hydrogens (tertiary/aromatic N) is 2. The molecule has 0 saturated heterocycles. The molecular formula is C11H20N2O. The maximum absolute atomic E-state index is 10.6. The molecule has 3 heteroatoms. The van der Waals surface area contributed by atoms with Crippen molar-refractivity contribution in [1.29, 1.82) is 0 Å². The first-order valence-electron chi connectivity index (χ1n) is 5.08. The van der Waals surface area contributed by atoms with E-state index in [0.717, 1.165) is 23.2 Å². The Morgan fingerprint density at radius 1 is 1.29 bits per heavy atom. The fraction of sp³-hybridized carbons (Fsp3) is 0.636. The van der Waals surface area contributed by atoms with Crippen LogP contribution in [0.5, 0.6) is 0 Å². The molecule has 0 fully saturated rings. The van der Waals surface area contributed by atoms with Crippen LogP contribution >= 0.6 is 0 Å². The van der Waals surface area contributed by atoms with Gasteiger partial charge in [-0.2, -0.15) is 5.10 Å². The van der Waals surface area contributed by atoms with Gasteiger partial charge in [-0.25, -0.2) is 0 Å². The van der Waals surface area contributed by atoms with E-state index in [4.69, 9.17) is 0 Å². The number of aromatic nitrogens is 2. The van der Waals surface area contributed by atoms with Crippen molar-refractivity contribution in [2.45, 2.75) is 47.6 Å². The molecule has 1 aromatic rings. The minimum atomic E-state index is 0.317. The number of aldehydes is 1. The Kier molecular flexibility index (Phi) is 5.13. The van der Waals surface area contributed by atoms with E-state index in [-0.39, 0.29) is 0 Å². The summed E-state index contributed by atoms with van der Waals surface area (Å²) in [6.07, 6.45) is 0.872. The highest BCUT2D eigenvalue weighted by atomic mass is 16.1. The van der Waals surface area contributed by atoms with Crippen LogP contribution in [0.2, 0.25) is 0 Å². The van der Waals surface area contributed by atoms with E-state index in [0.29, 0.717) is 6.04 Å². The normalized spacial score (nSPS) is 9.64. The summed E-state index contributed by atoms with van der Waals surface area (Å²) in [7, 11) is 0. The Morgan fingerprint density at radius 2 is 1.79 bits per heavy atom. The second-order valence-corrected chi connectivity index (χ2v) is 3.24. The number of carbonyl (C=O) groups excluding carboxylic acids is 1. The summed E-state index contributed by atoms with van der Waals surface area (Å²) in [4.78, 5) is 10.6. The molecule has 0 N–H and O–H groups in total. The van der Waals surface area contributed by atoms with E-state index in [2.05, 4.69) is 5.10 Å². The Labute approximate surface area is 86.1 Å². The van der Waals surface area contributed by atoms with Gasteiger partial charge in [0.05, 0.1) is 11.3 Å². The van der Waals surface area contributed by atoms with Gasteiger partial charge < -0.3 is 0 Å². The van der Waals surface area contributed by atoms with Crippen molar-refractivity contribution >= 4 is 6.29 Å². The molecule has 0 aliphatic heterocycles. The monoisotopic (exact) mass is 196 g/mol. The molecule has 0 aromatic carbocycles. The number of aryl methyl sites for hydroxylation is 1. The van der Waals surface area contributed by atoms with Crippen molar-refractivity contribution in [2.24, 2.45) is 0 Å². The molecule has 3 nitrogen and oxygen atoms in total. The van der Waals surface area contributed by atoms with Crippen LogP contribution in [-0.2, 0) is 0 Å². The van der Waals surface area contributed by atoms with Crippen molar-refractivity contribution in [3.8, 4) is 0 Å². The average Bonchev–Trinajstić information content (AvgIpc) is 2.45. The molecule has 1 aromatic heterocycles. The first-order valence-corrected chi connectivity index (χ1v) is 5.08.